The maximum atomic E-state index is 14.7. The number of hydrogen-bond donors (Lipinski definition) is 1. The fraction of sp³-hybridized carbons (Fsp3) is 0.237. The summed E-state index contributed by atoms with van der Waals surface area (Å²) < 4.78 is 12.2. The highest BCUT2D eigenvalue weighted by molar-refractivity contribution is 7.99. The molecule has 1 atom stereocenters. The molecule has 1 aliphatic heterocycles. The Morgan fingerprint density at radius 1 is 0.609 bits per heavy atom. The summed E-state index contributed by atoms with van der Waals surface area (Å²) in [5.74, 6) is -2.74. The Kier molecular flexibility index (Phi) is 8.92. The highest BCUT2D eigenvalue weighted by Gasteiger charge is 2.61. The summed E-state index contributed by atoms with van der Waals surface area (Å²) in [6.07, 6.45) is 0. The number of nitrogens with zero attached hydrogens (tertiary/aromatic N) is 1. The van der Waals surface area contributed by atoms with E-state index in [2.05, 4.69) is 0 Å². The molecule has 1 aliphatic rings. The van der Waals surface area contributed by atoms with Gasteiger partial charge in [0, 0.05) is 0 Å². The van der Waals surface area contributed by atoms with Gasteiger partial charge in [0.15, 0.2) is 7.26 Å². The Labute approximate surface area is 270 Å². The number of hydrogen-bond acceptors (Lipinski definition) is 6. The number of aliphatic hydroxyl groups is 1. The molecular formula is C38H39NO6P+. The van der Waals surface area contributed by atoms with Crippen LogP contribution in [-0.4, -0.2) is 45.0 Å². The molecule has 0 aromatic heterocycles. The van der Waals surface area contributed by atoms with E-state index in [0.717, 1.165) is 20.8 Å². The molecule has 4 aromatic rings. The van der Waals surface area contributed by atoms with Crippen molar-refractivity contribution in [2.24, 2.45) is 0 Å². The standard InChI is InChI=1S/C38H38NO6P/c1-37(2,3)44-35(42)31(39-33(40)29-24-16-17-25-30(29)34(39)41)32(36(43)45-38(4,5)6)46(26-18-10-7-11-19-26,27-20-12-8-13-21-27)28-22-14-9-15-23-28/h7-25,31H,1-6H3/p+1/b36-32-/t31-/m1/s1. The molecule has 0 spiro atoms. The van der Waals surface area contributed by atoms with Gasteiger partial charge >= 0.3 is 11.9 Å². The van der Waals surface area contributed by atoms with Crippen LogP contribution in [0.15, 0.2) is 127 Å². The second-order valence-corrected chi connectivity index (χ2v) is 16.4. The predicted octanol–water partition coefficient (Wildman–Crippen LogP) is 6.53. The topological polar surface area (TPSA) is 93.1 Å². The van der Waals surface area contributed by atoms with Crippen molar-refractivity contribution in [3.63, 3.8) is 0 Å². The summed E-state index contributed by atoms with van der Waals surface area (Å²) in [5, 5.41) is 14.8. The van der Waals surface area contributed by atoms with E-state index in [1.165, 1.54) is 0 Å². The molecule has 2 amide bonds. The van der Waals surface area contributed by atoms with Crippen molar-refractivity contribution < 1.29 is 29.0 Å². The zero-order valence-electron chi connectivity index (χ0n) is 26.9. The van der Waals surface area contributed by atoms with E-state index in [1.807, 2.05) is 91.0 Å². The van der Waals surface area contributed by atoms with Gasteiger partial charge in [-0.25, -0.2) is 4.79 Å². The van der Waals surface area contributed by atoms with E-state index in [-0.39, 0.29) is 16.4 Å². The third-order valence-electron chi connectivity index (χ3n) is 7.39. The summed E-state index contributed by atoms with van der Waals surface area (Å²) in [6.45, 7) is 10.5. The number of rotatable bonds is 8. The molecule has 7 nitrogen and oxygen atoms in total. The lowest BCUT2D eigenvalue weighted by Crippen LogP contribution is -2.51. The lowest BCUT2D eigenvalue weighted by Gasteiger charge is -2.36. The average molecular weight is 637 g/mol. The summed E-state index contributed by atoms with van der Waals surface area (Å²) >= 11 is 0. The minimum absolute atomic E-state index is 0.0785. The second kappa shape index (κ2) is 12.6. The van der Waals surface area contributed by atoms with Crippen molar-refractivity contribution in [1.82, 2.24) is 4.90 Å². The molecule has 236 valence electrons. The molecule has 0 fully saturated rings. The van der Waals surface area contributed by atoms with E-state index in [4.69, 9.17) is 9.47 Å². The van der Waals surface area contributed by atoms with Gasteiger partial charge in [-0.05, 0) is 90.1 Å². The van der Waals surface area contributed by atoms with Gasteiger partial charge in [-0.15, -0.1) is 0 Å². The lowest BCUT2D eigenvalue weighted by atomic mass is 10.1. The smallest absolute Gasteiger partial charge is 0.338 e. The first-order valence-corrected chi connectivity index (χ1v) is 16.9. The minimum atomic E-state index is -3.32. The molecule has 5 rings (SSSR count). The molecule has 0 radical (unpaired) electrons. The van der Waals surface area contributed by atoms with Gasteiger partial charge in [0.05, 0.1) is 11.1 Å². The molecule has 46 heavy (non-hydrogen) atoms. The number of ether oxygens (including phenoxy) is 2. The first kappa shape index (κ1) is 32.6. The summed E-state index contributed by atoms with van der Waals surface area (Å²) in [7, 11) is -3.32. The van der Waals surface area contributed by atoms with Crippen LogP contribution in [0.25, 0.3) is 0 Å². The van der Waals surface area contributed by atoms with Gasteiger partial charge in [-0.3, -0.25) is 14.5 Å². The van der Waals surface area contributed by atoms with E-state index in [9.17, 15) is 19.5 Å². The van der Waals surface area contributed by atoms with Crippen molar-refractivity contribution >= 4 is 41.0 Å². The molecule has 0 bridgehead atoms. The van der Waals surface area contributed by atoms with Gasteiger partial charge in [-0.1, -0.05) is 66.7 Å². The Morgan fingerprint density at radius 2 is 0.957 bits per heavy atom. The molecule has 1 heterocycles. The van der Waals surface area contributed by atoms with Crippen LogP contribution in [-0.2, 0) is 14.3 Å². The van der Waals surface area contributed by atoms with Crippen LogP contribution in [0.1, 0.15) is 62.3 Å². The Bertz CT molecular complexity index is 1640. The third kappa shape index (κ3) is 6.20. The maximum absolute atomic E-state index is 14.7. The molecule has 8 heteroatoms. The first-order valence-electron chi connectivity index (χ1n) is 15.1. The zero-order valence-corrected chi connectivity index (χ0v) is 27.8. The second-order valence-electron chi connectivity index (χ2n) is 13.0. The molecule has 4 aromatic carbocycles. The largest absolute Gasteiger partial charge is 0.478 e. The lowest BCUT2D eigenvalue weighted by molar-refractivity contribution is -0.158. The van der Waals surface area contributed by atoms with Crippen molar-refractivity contribution in [2.75, 3.05) is 0 Å². The molecular weight excluding hydrogens is 597 g/mol. The predicted molar refractivity (Wildman–Crippen MR) is 182 cm³/mol. The number of carbonyl (C=O) groups is 3. The molecule has 0 aliphatic carbocycles. The number of amides is 2. The Balaban J connectivity index is 1.97. The molecule has 0 unspecified atom stereocenters. The van der Waals surface area contributed by atoms with E-state index >= 15 is 0 Å². The van der Waals surface area contributed by atoms with Crippen molar-refractivity contribution in [3.8, 4) is 0 Å². The summed E-state index contributed by atoms with van der Waals surface area (Å²) in [5.41, 5.74) is -1.58. The molecule has 0 saturated carbocycles. The number of fused-ring (bicyclic) bond motifs is 1. The zero-order chi connectivity index (χ0) is 33.3. The number of esters is 1. The molecule has 0 saturated heterocycles. The summed E-state index contributed by atoms with van der Waals surface area (Å²) in [4.78, 5) is 44.1. The van der Waals surface area contributed by atoms with Gasteiger partial charge in [-0.2, -0.15) is 0 Å². The Hall–Kier alpha value is -4.74. The van der Waals surface area contributed by atoms with Crippen LogP contribution in [0.4, 0.5) is 0 Å². The van der Waals surface area contributed by atoms with Crippen molar-refractivity contribution in [1.29, 1.82) is 0 Å². The SMILES string of the molecule is CC(C)(C)OC(=O)[C@@H](/C(=C(\O)OC(C)(C)C)[P+](c1ccccc1)(c1ccccc1)c1ccccc1)N1C(=O)c2ccccc2C1=O. The monoisotopic (exact) mass is 636 g/mol. The first-order chi connectivity index (χ1) is 21.8. The van der Waals surface area contributed by atoms with Crippen LogP contribution in [0.2, 0.25) is 0 Å². The maximum Gasteiger partial charge on any atom is 0.338 e. The van der Waals surface area contributed by atoms with E-state index in [0.29, 0.717) is 0 Å². The number of imide groups is 1. The fourth-order valence-electron chi connectivity index (χ4n) is 5.74. The van der Waals surface area contributed by atoms with Crippen LogP contribution >= 0.6 is 7.26 Å². The molecule has 1 N–H and O–H groups in total. The van der Waals surface area contributed by atoms with E-state index < -0.39 is 48.2 Å². The van der Waals surface area contributed by atoms with Gasteiger partial charge in [0.1, 0.15) is 27.1 Å². The quantitative estimate of drug-likeness (QED) is 0.102. The van der Waals surface area contributed by atoms with E-state index in [1.54, 1.807) is 65.8 Å². The van der Waals surface area contributed by atoms with Gasteiger partial charge in [0.25, 0.3) is 11.8 Å². The normalized spacial score (nSPS) is 14.8. The average Bonchev–Trinajstić information content (AvgIpc) is 3.26. The summed E-state index contributed by atoms with van der Waals surface area (Å²) in [6, 6.07) is 33.4. The van der Waals surface area contributed by atoms with Crippen LogP contribution < -0.4 is 15.9 Å². The van der Waals surface area contributed by atoms with Gasteiger partial charge < -0.3 is 14.6 Å². The highest BCUT2D eigenvalue weighted by atomic mass is 31.2. The number of aliphatic hydroxyl groups excluding tert-OH is 1. The number of carbonyl (C=O) groups excluding carboxylic acids is 3. The van der Waals surface area contributed by atoms with Crippen LogP contribution in [0.5, 0.6) is 0 Å². The minimum Gasteiger partial charge on any atom is -0.478 e. The van der Waals surface area contributed by atoms with Crippen molar-refractivity contribution in [3.05, 3.63) is 138 Å². The number of benzene rings is 4. The Morgan fingerprint density at radius 3 is 1.30 bits per heavy atom. The van der Waals surface area contributed by atoms with Crippen molar-refractivity contribution in [2.45, 2.75) is 58.8 Å². The van der Waals surface area contributed by atoms with Crippen LogP contribution in [0, 0.1) is 0 Å². The third-order valence-corrected chi connectivity index (χ3v) is 11.8. The van der Waals surface area contributed by atoms with Gasteiger partial charge in [0.2, 0.25) is 11.4 Å². The van der Waals surface area contributed by atoms with Crippen LogP contribution in [0.3, 0.4) is 0 Å². The highest BCUT2D eigenvalue weighted by Crippen LogP contribution is 2.65. The fourth-order valence-corrected chi connectivity index (χ4v) is 10.3.